The second-order valence-electron chi connectivity index (χ2n) is 6.43. The number of halogens is 1. The topological polar surface area (TPSA) is 91.2 Å². The van der Waals surface area contributed by atoms with Crippen molar-refractivity contribution < 1.29 is 14.3 Å². The van der Waals surface area contributed by atoms with Gasteiger partial charge in [-0.3, -0.25) is 9.59 Å². The van der Waals surface area contributed by atoms with E-state index in [1.54, 1.807) is 79.7 Å². The van der Waals surface area contributed by atoms with Gasteiger partial charge in [0, 0.05) is 22.0 Å². The summed E-state index contributed by atoms with van der Waals surface area (Å²) in [4.78, 5) is 24.7. The van der Waals surface area contributed by atoms with Crippen LogP contribution in [-0.2, 0) is 4.79 Å². The van der Waals surface area contributed by atoms with Gasteiger partial charge in [-0.1, -0.05) is 17.7 Å². The highest BCUT2D eigenvalue weighted by Crippen LogP contribution is 2.18. The lowest BCUT2D eigenvalue weighted by Crippen LogP contribution is -2.30. The number of anilines is 2. The Morgan fingerprint density at radius 2 is 1.67 bits per heavy atom. The van der Waals surface area contributed by atoms with Crippen LogP contribution in [0.4, 0.5) is 11.4 Å². The molecule has 1 atom stereocenters. The largest absolute Gasteiger partial charge is 0.481 e. The SMILES string of the molecule is C[C@H](Oc1ccc(C(=O)Nc2cccc(C#N)c2)cc1)C(=O)Nc1ccc(Cl)cc1. The first-order valence-corrected chi connectivity index (χ1v) is 9.47. The zero-order valence-corrected chi connectivity index (χ0v) is 16.8. The number of hydrogen-bond donors (Lipinski definition) is 2. The van der Waals surface area contributed by atoms with E-state index in [1.165, 1.54) is 0 Å². The van der Waals surface area contributed by atoms with Crippen LogP contribution in [0.2, 0.25) is 5.02 Å². The fourth-order valence-electron chi connectivity index (χ4n) is 2.59. The summed E-state index contributed by atoms with van der Waals surface area (Å²) < 4.78 is 5.65. The highest BCUT2D eigenvalue weighted by atomic mass is 35.5. The lowest BCUT2D eigenvalue weighted by molar-refractivity contribution is -0.122. The molecule has 0 radical (unpaired) electrons. The van der Waals surface area contributed by atoms with Crippen molar-refractivity contribution in [1.82, 2.24) is 0 Å². The zero-order valence-electron chi connectivity index (χ0n) is 16.1. The molecule has 30 heavy (non-hydrogen) atoms. The van der Waals surface area contributed by atoms with Crippen LogP contribution in [0.15, 0.2) is 72.8 Å². The molecule has 2 N–H and O–H groups in total. The third-order valence-electron chi connectivity index (χ3n) is 4.16. The van der Waals surface area contributed by atoms with Gasteiger partial charge in [-0.25, -0.2) is 0 Å². The van der Waals surface area contributed by atoms with E-state index in [4.69, 9.17) is 21.6 Å². The molecule has 0 aliphatic carbocycles. The quantitative estimate of drug-likeness (QED) is 0.596. The van der Waals surface area contributed by atoms with Gasteiger partial charge in [-0.05, 0) is 73.7 Å². The molecule has 0 saturated heterocycles. The summed E-state index contributed by atoms with van der Waals surface area (Å²) in [5, 5.41) is 15.0. The van der Waals surface area contributed by atoms with E-state index in [1.807, 2.05) is 6.07 Å². The molecule has 0 bridgehead atoms. The van der Waals surface area contributed by atoms with Crippen LogP contribution in [0.5, 0.6) is 5.75 Å². The van der Waals surface area contributed by atoms with Crippen LogP contribution in [0, 0.1) is 11.3 Å². The Kier molecular flexibility index (Phi) is 6.68. The van der Waals surface area contributed by atoms with Crippen molar-refractivity contribution in [1.29, 1.82) is 5.26 Å². The number of nitriles is 1. The van der Waals surface area contributed by atoms with Gasteiger partial charge in [0.05, 0.1) is 11.6 Å². The van der Waals surface area contributed by atoms with Gasteiger partial charge in [0.1, 0.15) is 5.75 Å². The zero-order chi connectivity index (χ0) is 21.5. The summed E-state index contributed by atoms with van der Waals surface area (Å²) in [6, 6.07) is 21.9. The van der Waals surface area contributed by atoms with Crippen molar-refractivity contribution in [3.63, 3.8) is 0 Å². The predicted molar refractivity (Wildman–Crippen MR) is 116 cm³/mol. The van der Waals surface area contributed by atoms with E-state index >= 15 is 0 Å². The van der Waals surface area contributed by atoms with Gasteiger partial charge in [0.2, 0.25) is 0 Å². The number of nitrogens with zero attached hydrogens (tertiary/aromatic N) is 1. The minimum atomic E-state index is -0.742. The molecule has 0 spiro atoms. The number of benzene rings is 3. The number of carbonyl (C=O) groups excluding carboxylic acids is 2. The molecule has 3 aromatic carbocycles. The molecular weight excluding hydrogens is 402 g/mol. The van der Waals surface area contributed by atoms with E-state index in [0.29, 0.717) is 33.3 Å². The van der Waals surface area contributed by atoms with Crippen LogP contribution in [0.1, 0.15) is 22.8 Å². The van der Waals surface area contributed by atoms with Gasteiger partial charge in [-0.2, -0.15) is 5.26 Å². The fourth-order valence-corrected chi connectivity index (χ4v) is 2.72. The standard InChI is InChI=1S/C23H18ClN3O3/c1-15(22(28)26-19-9-7-18(24)8-10-19)30-21-11-5-17(6-12-21)23(29)27-20-4-2-3-16(13-20)14-25/h2-13,15H,1H3,(H,26,28)(H,27,29)/t15-/m0/s1. The molecule has 0 saturated carbocycles. The van der Waals surface area contributed by atoms with E-state index in [0.717, 1.165) is 0 Å². The number of hydrogen-bond acceptors (Lipinski definition) is 4. The van der Waals surface area contributed by atoms with Crippen LogP contribution >= 0.6 is 11.6 Å². The van der Waals surface area contributed by atoms with Gasteiger partial charge in [0.25, 0.3) is 11.8 Å². The number of ether oxygens (including phenoxy) is 1. The summed E-state index contributed by atoms with van der Waals surface area (Å²) in [6.45, 7) is 1.63. The van der Waals surface area contributed by atoms with Gasteiger partial charge < -0.3 is 15.4 Å². The molecule has 7 heteroatoms. The average Bonchev–Trinajstić information content (AvgIpc) is 2.76. The van der Waals surface area contributed by atoms with Crippen molar-refractivity contribution in [2.75, 3.05) is 10.6 Å². The number of carbonyl (C=O) groups is 2. The Bertz CT molecular complexity index is 1090. The number of nitrogens with one attached hydrogen (secondary N) is 2. The average molecular weight is 420 g/mol. The molecule has 0 aromatic heterocycles. The molecule has 0 fully saturated rings. The summed E-state index contributed by atoms with van der Waals surface area (Å²) in [5.41, 5.74) is 2.03. The lowest BCUT2D eigenvalue weighted by Gasteiger charge is -2.15. The Balaban J connectivity index is 1.58. The summed E-state index contributed by atoms with van der Waals surface area (Å²) in [7, 11) is 0. The maximum atomic E-state index is 12.4. The van der Waals surface area contributed by atoms with Crippen molar-refractivity contribution in [3.05, 3.63) is 88.9 Å². The molecule has 0 aliphatic heterocycles. The van der Waals surface area contributed by atoms with Crippen LogP contribution < -0.4 is 15.4 Å². The van der Waals surface area contributed by atoms with E-state index in [9.17, 15) is 9.59 Å². The maximum absolute atomic E-state index is 12.4. The van der Waals surface area contributed by atoms with Gasteiger partial charge in [-0.15, -0.1) is 0 Å². The van der Waals surface area contributed by atoms with Crippen molar-refractivity contribution in [2.45, 2.75) is 13.0 Å². The summed E-state index contributed by atoms with van der Waals surface area (Å²) >= 11 is 5.83. The normalized spacial score (nSPS) is 11.1. The van der Waals surface area contributed by atoms with E-state index in [2.05, 4.69) is 10.6 Å². The molecule has 150 valence electrons. The lowest BCUT2D eigenvalue weighted by atomic mass is 10.2. The Labute approximate surface area is 179 Å². The number of amides is 2. The molecular formula is C23H18ClN3O3. The molecule has 3 aromatic rings. The fraction of sp³-hybridized carbons (Fsp3) is 0.0870. The first-order chi connectivity index (χ1) is 14.4. The third kappa shape index (κ3) is 5.60. The van der Waals surface area contributed by atoms with Crippen molar-refractivity contribution in [2.24, 2.45) is 0 Å². The second kappa shape index (κ2) is 9.59. The second-order valence-corrected chi connectivity index (χ2v) is 6.86. The number of rotatable bonds is 6. The smallest absolute Gasteiger partial charge is 0.265 e. The summed E-state index contributed by atoms with van der Waals surface area (Å²) in [5.74, 6) is -0.168. The van der Waals surface area contributed by atoms with Crippen molar-refractivity contribution in [3.8, 4) is 11.8 Å². The highest BCUT2D eigenvalue weighted by Gasteiger charge is 2.15. The molecule has 2 amide bonds. The summed E-state index contributed by atoms with van der Waals surface area (Å²) in [6.07, 6.45) is -0.742. The van der Waals surface area contributed by atoms with Crippen LogP contribution in [0.25, 0.3) is 0 Å². The monoisotopic (exact) mass is 419 g/mol. The Morgan fingerprint density at radius 1 is 0.967 bits per heavy atom. The molecule has 3 rings (SSSR count). The first kappa shape index (κ1) is 20.9. The Hall–Kier alpha value is -3.82. The first-order valence-electron chi connectivity index (χ1n) is 9.09. The molecule has 0 aliphatic rings. The van der Waals surface area contributed by atoms with Crippen LogP contribution in [0.3, 0.4) is 0 Å². The highest BCUT2D eigenvalue weighted by molar-refractivity contribution is 6.30. The Morgan fingerprint density at radius 3 is 2.33 bits per heavy atom. The minimum Gasteiger partial charge on any atom is -0.481 e. The molecule has 0 unspecified atom stereocenters. The van der Waals surface area contributed by atoms with Gasteiger partial charge in [0.15, 0.2) is 6.10 Å². The van der Waals surface area contributed by atoms with E-state index in [-0.39, 0.29) is 11.8 Å². The predicted octanol–water partition coefficient (Wildman–Crippen LogP) is 4.87. The van der Waals surface area contributed by atoms with Crippen LogP contribution in [-0.4, -0.2) is 17.9 Å². The third-order valence-corrected chi connectivity index (χ3v) is 4.41. The molecule has 6 nitrogen and oxygen atoms in total. The molecule has 0 heterocycles. The van der Waals surface area contributed by atoms with Gasteiger partial charge >= 0.3 is 0 Å². The maximum Gasteiger partial charge on any atom is 0.265 e. The van der Waals surface area contributed by atoms with E-state index < -0.39 is 6.10 Å². The van der Waals surface area contributed by atoms with Crippen molar-refractivity contribution >= 4 is 34.8 Å². The minimum absolute atomic E-state index is 0.309.